The molecule has 4 rings (SSSR count). The smallest absolute Gasteiger partial charge is 0.270 e. The molecule has 1 aliphatic heterocycles. The van der Waals surface area contributed by atoms with Crippen LogP contribution < -0.4 is 10.2 Å². The van der Waals surface area contributed by atoms with Crippen LogP contribution in [0, 0.1) is 0 Å². The lowest BCUT2D eigenvalue weighted by Crippen LogP contribution is -2.22. The lowest BCUT2D eigenvalue weighted by molar-refractivity contribution is 0.0961. The van der Waals surface area contributed by atoms with Crippen molar-refractivity contribution in [2.75, 3.05) is 11.9 Å². The summed E-state index contributed by atoms with van der Waals surface area (Å²) in [4.78, 5) is 27.9. The topological polar surface area (TPSA) is 71.0 Å². The number of carbonyl (C=O) groups is 1. The molecule has 2 aromatic heterocycles. The molecular formula is C20H21N5O. The second kappa shape index (κ2) is 6.37. The van der Waals surface area contributed by atoms with Gasteiger partial charge in [0.05, 0.1) is 12.2 Å². The van der Waals surface area contributed by atoms with Gasteiger partial charge in [-0.05, 0) is 11.5 Å². The predicted octanol–water partition coefficient (Wildman–Crippen LogP) is 3.03. The van der Waals surface area contributed by atoms with E-state index in [0.29, 0.717) is 24.6 Å². The van der Waals surface area contributed by atoms with E-state index in [1.807, 2.05) is 44.1 Å². The molecule has 6 nitrogen and oxygen atoms in total. The Morgan fingerprint density at radius 3 is 2.73 bits per heavy atom. The Hall–Kier alpha value is -3.02. The van der Waals surface area contributed by atoms with Gasteiger partial charge < -0.3 is 10.2 Å². The van der Waals surface area contributed by atoms with E-state index in [1.54, 1.807) is 0 Å². The minimum atomic E-state index is -0.122. The number of pyridine rings is 1. The van der Waals surface area contributed by atoms with Crippen LogP contribution in [0.15, 0.2) is 36.5 Å². The van der Waals surface area contributed by atoms with Gasteiger partial charge in [-0.15, -0.1) is 0 Å². The molecule has 0 fully saturated rings. The van der Waals surface area contributed by atoms with Gasteiger partial charge in [-0.25, -0.2) is 9.97 Å². The highest BCUT2D eigenvalue weighted by Gasteiger charge is 2.28. The summed E-state index contributed by atoms with van der Waals surface area (Å²) in [6.07, 6.45) is 1.90. The fourth-order valence-corrected chi connectivity index (χ4v) is 3.20. The van der Waals surface area contributed by atoms with E-state index in [9.17, 15) is 4.79 Å². The molecule has 0 radical (unpaired) electrons. The van der Waals surface area contributed by atoms with Crippen molar-refractivity contribution in [2.24, 2.45) is 0 Å². The first-order chi connectivity index (χ1) is 12.5. The summed E-state index contributed by atoms with van der Waals surface area (Å²) in [5, 5.41) is 5.14. The molecule has 1 amide bonds. The molecule has 3 aromatic rings. The molecule has 6 heteroatoms. The number of aromatic nitrogens is 3. The maximum Gasteiger partial charge on any atom is 0.270 e. The first-order valence-electron chi connectivity index (χ1n) is 8.76. The second-order valence-corrected chi connectivity index (χ2v) is 6.95. The van der Waals surface area contributed by atoms with E-state index >= 15 is 0 Å². The summed E-state index contributed by atoms with van der Waals surface area (Å²) in [5.41, 5.74) is 2.32. The maximum atomic E-state index is 12.1. The van der Waals surface area contributed by atoms with Crippen LogP contribution in [0.4, 0.5) is 5.82 Å². The molecule has 0 saturated carbocycles. The van der Waals surface area contributed by atoms with Crippen LogP contribution in [-0.4, -0.2) is 27.9 Å². The normalized spacial score (nSPS) is 13.2. The number of anilines is 1. The van der Waals surface area contributed by atoms with Crippen molar-refractivity contribution in [1.29, 1.82) is 0 Å². The number of hydrogen-bond acceptors (Lipinski definition) is 5. The second-order valence-electron chi connectivity index (χ2n) is 6.95. The summed E-state index contributed by atoms with van der Waals surface area (Å²) < 4.78 is 0. The van der Waals surface area contributed by atoms with E-state index in [4.69, 9.17) is 4.98 Å². The third-order valence-electron chi connectivity index (χ3n) is 4.61. The average molecular weight is 347 g/mol. The Morgan fingerprint density at radius 2 is 1.96 bits per heavy atom. The van der Waals surface area contributed by atoms with Gasteiger partial charge in [0.25, 0.3) is 5.91 Å². The van der Waals surface area contributed by atoms with Crippen molar-refractivity contribution in [3.8, 4) is 0 Å². The van der Waals surface area contributed by atoms with Crippen LogP contribution >= 0.6 is 0 Å². The van der Waals surface area contributed by atoms with Crippen LogP contribution in [-0.2, 0) is 13.1 Å². The monoisotopic (exact) mass is 347 g/mol. The van der Waals surface area contributed by atoms with Gasteiger partial charge >= 0.3 is 0 Å². The van der Waals surface area contributed by atoms with Crippen molar-refractivity contribution in [1.82, 2.24) is 20.3 Å². The van der Waals surface area contributed by atoms with E-state index in [1.165, 1.54) is 5.39 Å². The van der Waals surface area contributed by atoms with E-state index < -0.39 is 0 Å². The fraction of sp³-hybridized carbons (Fsp3) is 0.300. The molecule has 1 N–H and O–H groups in total. The van der Waals surface area contributed by atoms with Crippen molar-refractivity contribution >= 4 is 22.5 Å². The van der Waals surface area contributed by atoms with Gasteiger partial charge in [0.15, 0.2) is 0 Å². The zero-order chi connectivity index (χ0) is 18.3. The van der Waals surface area contributed by atoms with Gasteiger partial charge in [-0.1, -0.05) is 38.1 Å². The van der Waals surface area contributed by atoms with Gasteiger partial charge in [0.1, 0.15) is 17.3 Å². The summed E-state index contributed by atoms with van der Waals surface area (Å²) in [6, 6.07) is 10.3. The third-order valence-corrected chi connectivity index (χ3v) is 4.61. The molecule has 0 aliphatic carbocycles. The summed E-state index contributed by atoms with van der Waals surface area (Å²) >= 11 is 0. The average Bonchev–Trinajstić information content (AvgIpc) is 3.02. The fourth-order valence-electron chi connectivity index (χ4n) is 3.20. The molecule has 1 aliphatic rings. The minimum Gasteiger partial charge on any atom is -0.353 e. The summed E-state index contributed by atoms with van der Waals surface area (Å²) in [6.45, 7) is 5.14. The molecule has 0 saturated heterocycles. The SMILES string of the molecule is CC(C)c1nc2c(c(N(C)Cc3cc4ccccc4cn3)n1)CNC2=O. The molecule has 26 heavy (non-hydrogen) atoms. The Balaban J connectivity index is 1.70. The molecule has 132 valence electrons. The van der Waals surface area contributed by atoms with Gasteiger partial charge in [-0.3, -0.25) is 9.78 Å². The minimum absolute atomic E-state index is 0.122. The van der Waals surface area contributed by atoms with Gasteiger partial charge in [0, 0.05) is 36.7 Å². The molecule has 0 spiro atoms. The Kier molecular flexibility index (Phi) is 4.03. The Morgan fingerprint density at radius 1 is 1.19 bits per heavy atom. The number of hydrogen-bond donors (Lipinski definition) is 1. The third kappa shape index (κ3) is 2.87. The highest BCUT2D eigenvalue weighted by Crippen LogP contribution is 2.27. The van der Waals surface area contributed by atoms with Crippen molar-refractivity contribution in [2.45, 2.75) is 32.9 Å². The maximum absolute atomic E-state index is 12.1. The quantitative estimate of drug-likeness (QED) is 0.785. The Labute approximate surface area is 152 Å². The van der Waals surface area contributed by atoms with Crippen molar-refractivity contribution in [3.63, 3.8) is 0 Å². The number of fused-ring (bicyclic) bond motifs is 2. The lowest BCUT2D eigenvalue weighted by atomic mass is 10.1. The van der Waals surface area contributed by atoms with Crippen molar-refractivity contribution < 1.29 is 4.79 Å². The molecule has 0 bridgehead atoms. The van der Waals surface area contributed by atoms with Crippen LogP contribution in [0.3, 0.4) is 0 Å². The Bertz CT molecular complexity index is 999. The van der Waals surface area contributed by atoms with Crippen molar-refractivity contribution in [3.05, 3.63) is 59.3 Å². The summed E-state index contributed by atoms with van der Waals surface area (Å²) in [5.74, 6) is 1.52. The molecule has 3 heterocycles. The lowest BCUT2D eigenvalue weighted by Gasteiger charge is -2.21. The molecule has 0 atom stereocenters. The number of benzene rings is 1. The molecule has 0 unspecified atom stereocenters. The molecular weight excluding hydrogens is 326 g/mol. The summed E-state index contributed by atoms with van der Waals surface area (Å²) in [7, 11) is 1.98. The first kappa shape index (κ1) is 16.4. The zero-order valence-electron chi connectivity index (χ0n) is 15.2. The number of nitrogens with one attached hydrogen (secondary N) is 1. The van der Waals surface area contributed by atoms with Gasteiger partial charge in [-0.2, -0.15) is 0 Å². The highest BCUT2D eigenvalue weighted by molar-refractivity contribution is 5.97. The highest BCUT2D eigenvalue weighted by atomic mass is 16.2. The number of rotatable bonds is 4. The van der Waals surface area contributed by atoms with Crippen LogP contribution in [0.2, 0.25) is 0 Å². The predicted molar refractivity (Wildman–Crippen MR) is 101 cm³/mol. The largest absolute Gasteiger partial charge is 0.353 e. The van der Waals surface area contributed by atoms with E-state index in [-0.39, 0.29) is 11.8 Å². The first-order valence-corrected chi connectivity index (χ1v) is 8.76. The number of carbonyl (C=O) groups excluding carboxylic acids is 1. The van der Waals surface area contributed by atoms with E-state index in [0.717, 1.165) is 22.5 Å². The zero-order valence-corrected chi connectivity index (χ0v) is 15.2. The van der Waals surface area contributed by atoms with E-state index in [2.05, 4.69) is 33.5 Å². The number of amides is 1. The van der Waals surface area contributed by atoms with Crippen LogP contribution in [0.5, 0.6) is 0 Å². The van der Waals surface area contributed by atoms with Gasteiger partial charge in [0.2, 0.25) is 0 Å². The molecule has 1 aromatic carbocycles. The van der Waals surface area contributed by atoms with Crippen LogP contribution in [0.1, 0.15) is 47.3 Å². The standard InChI is InChI=1S/C20H21N5O/c1-12(2)18-23-17-16(10-22-20(17)26)19(24-18)25(3)11-15-8-13-6-4-5-7-14(13)9-21-15/h4-9,12H,10-11H2,1-3H3,(H,22,26). The van der Waals surface area contributed by atoms with Crippen LogP contribution in [0.25, 0.3) is 10.8 Å². The number of nitrogens with zero attached hydrogens (tertiary/aromatic N) is 4.